The lowest BCUT2D eigenvalue weighted by Gasteiger charge is -2.09. The first-order chi connectivity index (χ1) is 11.2. The largest absolute Gasteiger partial charge is 0.304 e. The van der Waals surface area contributed by atoms with Crippen molar-refractivity contribution in [2.45, 2.75) is 26.7 Å². The Balaban J connectivity index is 2.22. The molecule has 1 aromatic heterocycles. The second kappa shape index (κ2) is 6.69. The van der Waals surface area contributed by atoms with Gasteiger partial charge in [-0.05, 0) is 38.8 Å². The maximum absolute atomic E-state index is 4.87. The number of aromatic nitrogens is 3. The highest BCUT2D eigenvalue weighted by Gasteiger charge is 2.24. The summed E-state index contributed by atoms with van der Waals surface area (Å²) in [6.07, 6.45) is 10.5. The van der Waals surface area contributed by atoms with E-state index in [1.54, 1.807) is 0 Å². The predicted octanol–water partition coefficient (Wildman–Crippen LogP) is 4.12. The summed E-state index contributed by atoms with van der Waals surface area (Å²) < 4.78 is 2.08. The van der Waals surface area contributed by atoms with Crippen molar-refractivity contribution in [2.75, 3.05) is 0 Å². The van der Waals surface area contributed by atoms with E-state index in [1.807, 2.05) is 32.2 Å². The monoisotopic (exact) mass is 304 g/mol. The molecule has 3 nitrogen and oxygen atoms in total. The maximum atomic E-state index is 4.87. The van der Waals surface area contributed by atoms with Crippen LogP contribution in [0.4, 0.5) is 0 Å². The molecule has 1 aliphatic carbocycles. The number of rotatable bonds is 3. The quantitative estimate of drug-likeness (QED) is 0.798. The Morgan fingerprint density at radius 3 is 2.61 bits per heavy atom. The summed E-state index contributed by atoms with van der Waals surface area (Å²) in [6.45, 7) is 4.14. The first kappa shape index (κ1) is 15.3. The molecule has 1 aliphatic rings. The molecular weight excluding hydrogens is 282 g/mol. The lowest BCUT2D eigenvalue weighted by Crippen LogP contribution is -2.39. The summed E-state index contributed by atoms with van der Waals surface area (Å²) in [6, 6.07) is 10.3. The third kappa shape index (κ3) is 3.14. The van der Waals surface area contributed by atoms with E-state index in [1.165, 1.54) is 5.57 Å². The summed E-state index contributed by atoms with van der Waals surface area (Å²) in [5.41, 5.74) is 3.46. The van der Waals surface area contributed by atoms with Gasteiger partial charge in [-0.15, -0.1) is 0 Å². The molecule has 3 rings (SSSR count). The smallest absolute Gasteiger partial charge is 0.229 e. The summed E-state index contributed by atoms with van der Waals surface area (Å²) >= 11 is 0. The molecule has 0 spiro atoms. The Kier molecular flexibility index (Phi) is 4.47. The van der Waals surface area contributed by atoms with E-state index in [-0.39, 0.29) is 0 Å². The van der Waals surface area contributed by atoms with Crippen LogP contribution in [-0.2, 0) is 7.05 Å². The molecule has 23 heavy (non-hydrogen) atoms. The topological polar surface area (TPSA) is 29.7 Å². The van der Waals surface area contributed by atoms with Gasteiger partial charge in [0.05, 0.1) is 12.6 Å². The van der Waals surface area contributed by atoms with Crippen molar-refractivity contribution < 1.29 is 4.57 Å². The Morgan fingerprint density at radius 2 is 1.96 bits per heavy atom. The molecule has 0 saturated carbocycles. The lowest BCUT2D eigenvalue weighted by atomic mass is 10.0. The standard InChI is InChI=1S/C20H22N3/c1-4-15(2)19-21-18(16-11-7-5-8-12-16)22-20(23(19)3)17-13-9-6-10-14-17/h4-7,9-11,13-14H,8,12H2,1-3H3/q+1. The van der Waals surface area contributed by atoms with Crippen molar-refractivity contribution >= 4 is 11.1 Å². The van der Waals surface area contributed by atoms with Crippen LogP contribution in [0.2, 0.25) is 0 Å². The second-order valence-electron chi connectivity index (χ2n) is 5.75. The molecule has 0 aliphatic heterocycles. The van der Waals surface area contributed by atoms with E-state index in [4.69, 9.17) is 9.97 Å². The molecular formula is C20H22N3+. The molecule has 0 atom stereocenters. The molecule has 0 amide bonds. The minimum atomic E-state index is 0.836. The summed E-state index contributed by atoms with van der Waals surface area (Å²) in [5, 5.41) is 0. The van der Waals surface area contributed by atoms with Crippen molar-refractivity contribution in [3.05, 3.63) is 66.3 Å². The highest BCUT2D eigenvalue weighted by atomic mass is 15.1. The Labute approximate surface area is 137 Å². The van der Waals surface area contributed by atoms with E-state index < -0.39 is 0 Å². The van der Waals surface area contributed by atoms with Crippen LogP contribution >= 0.6 is 0 Å². The highest BCUT2D eigenvalue weighted by molar-refractivity contribution is 5.66. The van der Waals surface area contributed by atoms with E-state index in [0.29, 0.717) is 0 Å². The molecule has 116 valence electrons. The molecule has 0 radical (unpaired) electrons. The van der Waals surface area contributed by atoms with Crippen LogP contribution in [0.1, 0.15) is 38.3 Å². The van der Waals surface area contributed by atoms with Gasteiger partial charge in [-0.1, -0.05) is 52.5 Å². The van der Waals surface area contributed by atoms with Crippen LogP contribution in [0.15, 0.2) is 54.6 Å². The predicted molar refractivity (Wildman–Crippen MR) is 94.3 cm³/mol. The van der Waals surface area contributed by atoms with Crippen molar-refractivity contribution in [2.24, 2.45) is 7.05 Å². The summed E-state index contributed by atoms with van der Waals surface area (Å²) in [4.78, 5) is 9.70. The Morgan fingerprint density at radius 1 is 1.17 bits per heavy atom. The third-order valence-electron chi connectivity index (χ3n) is 4.18. The van der Waals surface area contributed by atoms with Gasteiger partial charge in [0.1, 0.15) is 0 Å². The molecule has 0 saturated heterocycles. The van der Waals surface area contributed by atoms with Crippen LogP contribution in [0.25, 0.3) is 22.5 Å². The van der Waals surface area contributed by atoms with Gasteiger partial charge in [0.25, 0.3) is 11.6 Å². The van der Waals surface area contributed by atoms with Crippen LogP contribution in [0.3, 0.4) is 0 Å². The summed E-state index contributed by atoms with van der Waals surface area (Å²) in [5.74, 6) is 2.75. The minimum absolute atomic E-state index is 0.836. The van der Waals surface area contributed by atoms with Gasteiger partial charge in [0.15, 0.2) is 0 Å². The Bertz CT molecular complexity index is 799. The van der Waals surface area contributed by atoms with Gasteiger partial charge in [-0.2, -0.15) is 0 Å². The van der Waals surface area contributed by atoms with E-state index in [0.717, 1.165) is 41.5 Å². The average Bonchev–Trinajstić information content (AvgIpc) is 2.62. The number of benzene rings is 1. The van der Waals surface area contributed by atoms with Gasteiger partial charge in [-0.25, -0.2) is 4.57 Å². The van der Waals surface area contributed by atoms with E-state index in [9.17, 15) is 0 Å². The zero-order chi connectivity index (χ0) is 16.2. The molecule has 0 unspecified atom stereocenters. The van der Waals surface area contributed by atoms with E-state index >= 15 is 0 Å². The van der Waals surface area contributed by atoms with Crippen LogP contribution in [0, 0.1) is 0 Å². The van der Waals surface area contributed by atoms with Crippen molar-refractivity contribution in [3.63, 3.8) is 0 Å². The van der Waals surface area contributed by atoms with E-state index in [2.05, 4.69) is 47.9 Å². The van der Waals surface area contributed by atoms with Crippen molar-refractivity contribution in [1.82, 2.24) is 9.97 Å². The molecule has 3 heteroatoms. The first-order valence-electron chi connectivity index (χ1n) is 8.03. The highest BCUT2D eigenvalue weighted by Crippen LogP contribution is 2.23. The maximum Gasteiger partial charge on any atom is 0.304 e. The zero-order valence-electron chi connectivity index (χ0n) is 14.0. The number of hydrogen-bond donors (Lipinski definition) is 0. The fraction of sp³-hybridized carbons (Fsp3) is 0.250. The first-order valence-corrected chi connectivity index (χ1v) is 8.03. The van der Waals surface area contributed by atoms with Gasteiger partial charge < -0.3 is 0 Å². The fourth-order valence-electron chi connectivity index (χ4n) is 2.74. The van der Waals surface area contributed by atoms with Gasteiger partial charge in [0, 0.05) is 11.1 Å². The molecule has 1 heterocycles. The van der Waals surface area contributed by atoms with Crippen molar-refractivity contribution in [3.8, 4) is 11.4 Å². The molecule has 1 aromatic carbocycles. The van der Waals surface area contributed by atoms with Crippen LogP contribution in [-0.4, -0.2) is 9.97 Å². The number of hydrogen-bond acceptors (Lipinski definition) is 2. The molecule has 0 bridgehead atoms. The molecule has 0 N–H and O–H groups in total. The SMILES string of the molecule is CC=C(C)c1nc(C2=CC=CCC2)nc(-c2ccccc2)[n+]1C. The van der Waals surface area contributed by atoms with Crippen LogP contribution in [0.5, 0.6) is 0 Å². The molecule has 2 aromatic rings. The van der Waals surface area contributed by atoms with Gasteiger partial charge >= 0.3 is 5.82 Å². The van der Waals surface area contributed by atoms with Gasteiger partial charge in [-0.3, -0.25) is 0 Å². The fourth-order valence-corrected chi connectivity index (χ4v) is 2.74. The summed E-state index contributed by atoms with van der Waals surface area (Å²) in [7, 11) is 2.03. The van der Waals surface area contributed by atoms with Crippen LogP contribution < -0.4 is 4.57 Å². The minimum Gasteiger partial charge on any atom is -0.229 e. The third-order valence-corrected chi connectivity index (χ3v) is 4.18. The normalized spacial score (nSPS) is 14.7. The number of nitrogens with zero attached hydrogens (tertiary/aromatic N) is 3. The van der Waals surface area contributed by atoms with Crippen molar-refractivity contribution in [1.29, 1.82) is 0 Å². The lowest BCUT2D eigenvalue weighted by molar-refractivity contribution is -0.668. The zero-order valence-corrected chi connectivity index (χ0v) is 14.0. The second-order valence-corrected chi connectivity index (χ2v) is 5.75. The Hall–Kier alpha value is -2.55. The average molecular weight is 304 g/mol. The van der Waals surface area contributed by atoms with Gasteiger partial charge in [0.2, 0.25) is 0 Å². The molecule has 0 fully saturated rings. The number of allylic oxidation sites excluding steroid dienone is 6.